The third kappa shape index (κ3) is 2.89. The Balaban J connectivity index is 2.56. The van der Waals surface area contributed by atoms with Crippen LogP contribution >= 0.6 is 23.2 Å². The molecule has 19 heavy (non-hydrogen) atoms. The number of hydrogen-bond acceptors (Lipinski definition) is 1. The second-order valence-corrected chi connectivity index (χ2v) is 4.82. The molecule has 2 aromatic carbocycles. The van der Waals surface area contributed by atoms with Gasteiger partial charge in [-0.05, 0) is 42.4 Å². The van der Waals surface area contributed by atoms with Crippen LogP contribution in [-0.2, 0) is 0 Å². The molecule has 0 bridgehead atoms. The minimum absolute atomic E-state index is 0.00202. The molecular weight excluding hydrogens is 291 g/mol. The normalized spacial score (nSPS) is 12.5. The Morgan fingerprint density at radius 3 is 2.47 bits per heavy atom. The van der Waals surface area contributed by atoms with Crippen LogP contribution in [-0.4, -0.2) is 7.05 Å². The highest BCUT2D eigenvalue weighted by Crippen LogP contribution is 2.33. The largest absolute Gasteiger partial charge is 0.309 e. The number of hydrogen-bond donors (Lipinski definition) is 1. The first kappa shape index (κ1) is 14.3. The molecule has 0 radical (unpaired) electrons. The Kier molecular flexibility index (Phi) is 4.40. The molecule has 0 aliphatic rings. The van der Waals surface area contributed by atoms with Crippen LogP contribution in [0.4, 0.5) is 8.78 Å². The summed E-state index contributed by atoms with van der Waals surface area (Å²) in [5, 5.41) is 3.36. The van der Waals surface area contributed by atoms with Crippen molar-refractivity contribution in [3.05, 3.63) is 69.2 Å². The van der Waals surface area contributed by atoms with E-state index in [1.54, 1.807) is 19.2 Å². The third-order valence-corrected chi connectivity index (χ3v) is 3.59. The van der Waals surface area contributed by atoms with Gasteiger partial charge in [0.15, 0.2) is 0 Å². The standard InChI is InChI=1S/C14H11Cl2F2N/c1-19-14(9-3-2-4-12(18)13(9)16)10-7-8(17)5-6-11(10)15/h2-7,14,19H,1H3. The zero-order valence-corrected chi connectivity index (χ0v) is 11.6. The first-order chi connectivity index (χ1) is 9.04. The van der Waals surface area contributed by atoms with Crippen molar-refractivity contribution in [1.29, 1.82) is 0 Å². The lowest BCUT2D eigenvalue weighted by atomic mass is 9.98. The van der Waals surface area contributed by atoms with Crippen LogP contribution < -0.4 is 5.32 Å². The predicted molar refractivity (Wildman–Crippen MR) is 73.7 cm³/mol. The fourth-order valence-corrected chi connectivity index (χ4v) is 2.42. The van der Waals surface area contributed by atoms with E-state index in [-0.39, 0.29) is 5.02 Å². The van der Waals surface area contributed by atoms with E-state index >= 15 is 0 Å². The maximum Gasteiger partial charge on any atom is 0.142 e. The van der Waals surface area contributed by atoms with Gasteiger partial charge in [-0.3, -0.25) is 0 Å². The summed E-state index contributed by atoms with van der Waals surface area (Å²) < 4.78 is 26.9. The summed E-state index contributed by atoms with van der Waals surface area (Å²) in [4.78, 5) is 0. The van der Waals surface area contributed by atoms with Crippen LogP contribution in [0.3, 0.4) is 0 Å². The third-order valence-electron chi connectivity index (χ3n) is 2.85. The predicted octanol–water partition coefficient (Wildman–Crippen LogP) is 4.58. The molecule has 0 fully saturated rings. The van der Waals surface area contributed by atoms with E-state index in [9.17, 15) is 8.78 Å². The second kappa shape index (κ2) is 5.87. The first-order valence-electron chi connectivity index (χ1n) is 5.60. The van der Waals surface area contributed by atoms with Gasteiger partial charge < -0.3 is 5.32 Å². The summed E-state index contributed by atoms with van der Waals surface area (Å²) in [5.74, 6) is -0.931. The minimum atomic E-state index is -0.521. The molecule has 5 heteroatoms. The van der Waals surface area contributed by atoms with E-state index in [0.717, 1.165) is 0 Å². The highest BCUT2D eigenvalue weighted by Gasteiger charge is 2.20. The van der Waals surface area contributed by atoms with Gasteiger partial charge >= 0.3 is 0 Å². The molecule has 0 heterocycles. The molecule has 2 rings (SSSR count). The van der Waals surface area contributed by atoms with Crippen molar-refractivity contribution in [2.45, 2.75) is 6.04 Å². The van der Waals surface area contributed by atoms with Gasteiger partial charge in [0.2, 0.25) is 0 Å². The van der Waals surface area contributed by atoms with E-state index in [4.69, 9.17) is 23.2 Å². The van der Waals surface area contributed by atoms with Crippen LogP contribution in [0.2, 0.25) is 10.0 Å². The number of nitrogens with one attached hydrogen (secondary N) is 1. The summed E-state index contributed by atoms with van der Waals surface area (Å²) in [7, 11) is 1.67. The maximum atomic E-state index is 13.5. The molecule has 1 atom stereocenters. The van der Waals surface area contributed by atoms with E-state index in [2.05, 4.69) is 5.32 Å². The van der Waals surface area contributed by atoms with Crippen molar-refractivity contribution in [3.63, 3.8) is 0 Å². The van der Waals surface area contributed by atoms with Crippen molar-refractivity contribution < 1.29 is 8.78 Å². The van der Waals surface area contributed by atoms with Gasteiger partial charge in [0.25, 0.3) is 0 Å². The lowest BCUT2D eigenvalue weighted by Gasteiger charge is -2.20. The Bertz CT molecular complexity index is 600. The Hall–Kier alpha value is -1.16. The topological polar surface area (TPSA) is 12.0 Å². The van der Waals surface area contributed by atoms with E-state index in [1.165, 1.54) is 24.3 Å². The SMILES string of the molecule is CNC(c1cc(F)ccc1Cl)c1cccc(F)c1Cl. The number of rotatable bonds is 3. The molecule has 0 aliphatic carbocycles. The monoisotopic (exact) mass is 301 g/mol. The van der Waals surface area contributed by atoms with Crippen molar-refractivity contribution in [3.8, 4) is 0 Å². The highest BCUT2D eigenvalue weighted by atomic mass is 35.5. The van der Waals surface area contributed by atoms with Crippen molar-refractivity contribution in [2.75, 3.05) is 7.05 Å². The number of halogens is 4. The summed E-state index contributed by atoms with van der Waals surface area (Å²) in [5.41, 5.74) is 1.02. The molecule has 0 spiro atoms. The molecule has 0 saturated carbocycles. The van der Waals surface area contributed by atoms with E-state index in [1.807, 2.05) is 0 Å². The van der Waals surface area contributed by atoms with Crippen molar-refractivity contribution >= 4 is 23.2 Å². The van der Waals surface area contributed by atoms with Gasteiger partial charge in [0.1, 0.15) is 11.6 Å². The molecule has 100 valence electrons. The van der Waals surface area contributed by atoms with Crippen molar-refractivity contribution in [2.24, 2.45) is 0 Å². The van der Waals surface area contributed by atoms with Crippen LogP contribution in [0, 0.1) is 11.6 Å². The summed E-state index contributed by atoms with van der Waals surface area (Å²) in [6.07, 6.45) is 0. The molecular formula is C14H11Cl2F2N. The van der Waals surface area contributed by atoms with Gasteiger partial charge in [-0.2, -0.15) is 0 Å². The zero-order valence-electron chi connectivity index (χ0n) is 10.1. The fourth-order valence-electron chi connectivity index (χ4n) is 1.96. The van der Waals surface area contributed by atoms with Crippen LogP contribution in [0.15, 0.2) is 36.4 Å². The molecule has 0 aliphatic heterocycles. The maximum absolute atomic E-state index is 13.5. The van der Waals surface area contributed by atoms with E-state index in [0.29, 0.717) is 16.1 Å². The molecule has 0 saturated heterocycles. The number of benzene rings is 2. The fraction of sp³-hybridized carbons (Fsp3) is 0.143. The first-order valence-corrected chi connectivity index (χ1v) is 6.36. The summed E-state index contributed by atoms with van der Waals surface area (Å²) >= 11 is 12.0. The Morgan fingerprint density at radius 1 is 1.05 bits per heavy atom. The molecule has 0 amide bonds. The summed E-state index contributed by atoms with van der Waals surface area (Å²) in [6, 6.07) is 8.06. The lowest BCUT2D eigenvalue weighted by molar-refractivity contribution is 0.609. The van der Waals surface area contributed by atoms with Crippen LogP contribution in [0.1, 0.15) is 17.2 Å². The average molecular weight is 302 g/mol. The van der Waals surface area contributed by atoms with Crippen LogP contribution in [0.5, 0.6) is 0 Å². The van der Waals surface area contributed by atoms with Gasteiger partial charge in [-0.15, -0.1) is 0 Å². The van der Waals surface area contributed by atoms with Crippen LogP contribution in [0.25, 0.3) is 0 Å². The van der Waals surface area contributed by atoms with Crippen molar-refractivity contribution in [1.82, 2.24) is 5.32 Å². The van der Waals surface area contributed by atoms with Gasteiger partial charge in [0, 0.05) is 5.02 Å². The molecule has 1 N–H and O–H groups in total. The molecule has 0 aromatic heterocycles. The Morgan fingerprint density at radius 2 is 1.79 bits per heavy atom. The average Bonchev–Trinajstić information content (AvgIpc) is 2.39. The van der Waals surface area contributed by atoms with Gasteiger partial charge in [-0.1, -0.05) is 35.3 Å². The molecule has 1 nitrogen and oxygen atoms in total. The zero-order chi connectivity index (χ0) is 14.0. The van der Waals surface area contributed by atoms with Gasteiger partial charge in [0.05, 0.1) is 11.1 Å². The van der Waals surface area contributed by atoms with E-state index < -0.39 is 17.7 Å². The van der Waals surface area contributed by atoms with Gasteiger partial charge in [-0.25, -0.2) is 8.78 Å². The molecule has 1 unspecified atom stereocenters. The minimum Gasteiger partial charge on any atom is -0.309 e. The summed E-state index contributed by atoms with van der Waals surface area (Å²) in [6.45, 7) is 0. The Labute approximate surface area is 120 Å². The lowest BCUT2D eigenvalue weighted by Crippen LogP contribution is -2.19. The highest BCUT2D eigenvalue weighted by molar-refractivity contribution is 6.32. The smallest absolute Gasteiger partial charge is 0.142 e. The quantitative estimate of drug-likeness (QED) is 0.875. The second-order valence-electron chi connectivity index (χ2n) is 4.03. The molecule has 2 aromatic rings.